The number of amides is 1. The minimum absolute atomic E-state index is 0.0511. The lowest BCUT2D eigenvalue weighted by Gasteiger charge is -2.31. The smallest absolute Gasteiger partial charge is 0.253 e. The van der Waals surface area contributed by atoms with Crippen LogP contribution in [0.3, 0.4) is 0 Å². The number of halogens is 2. The molecule has 1 aliphatic rings. The summed E-state index contributed by atoms with van der Waals surface area (Å²) < 4.78 is 0. The average molecular weight is 347 g/mol. The zero-order chi connectivity index (χ0) is 13.8. The molecule has 104 valence electrons. The number of alkyl halides is 1. The molecule has 0 bridgehead atoms. The molecule has 5 heteroatoms. The molecule has 3 nitrogen and oxygen atoms in total. The van der Waals surface area contributed by atoms with Gasteiger partial charge >= 0.3 is 0 Å². The van der Waals surface area contributed by atoms with E-state index in [4.69, 9.17) is 11.6 Å². The molecule has 0 spiro atoms. The quantitative estimate of drug-likeness (QED) is 0.819. The van der Waals surface area contributed by atoms with Gasteiger partial charge in [-0.05, 0) is 37.0 Å². The van der Waals surface area contributed by atoms with Gasteiger partial charge in [0.15, 0.2) is 0 Å². The van der Waals surface area contributed by atoms with E-state index in [0.29, 0.717) is 16.5 Å². The Hall–Kier alpha value is -0.740. The number of hydrogen-bond donors (Lipinski definition) is 2. The number of rotatable bonds is 3. The van der Waals surface area contributed by atoms with Crippen LogP contribution in [0, 0.1) is 5.92 Å². The maximum absolute atomic E-state index is 12.2. The molecular formula is C14H17BrClNO2. The van der Waals surface area contributed by atoms with Gasteiger partial charge in [-0.3, -0.25) is 4.79 Å². The molecule has 2 N–H and O–H groups in total. The van der Waals surface area contributed by atoms with Crippen LogP contribution in [0.25, 0.3) is 0 Å². The van der Waals surface area contributed by atoms with Crippen molar-refractivity contribution in [2.45, 2.75) is 31.7 Å². The summed E-state index contributed by atoms with van der Waals surface area (Å²) in [5.41, 5.74) is 0.334. The number of carbonyl (C=O) groups is 1. The third-order valence-electron chi connectivity index (χ3n) is 3.62. The molecule has 1 saturated carbocycles. The number of benzene rings is 1. The molecule has 2 unspecified atom stereocenters. The van der Waals surface area contributed by atoms with E-state index < -0.39 is 0 Å². The minimum atomic E-state index is -0.209. The highest BCUT2D eigenvalue weighted by molar-refractivity contribution is 9.09. The first-order chi connectivity index (χ1) is 9.11. The van der Waals surface area contributed by atoms with Gasteiger partial charge in [0.1, 0.15) is 5.75 Å². The Labute approximate surface area is 126 Å². The van der Waals surface area contributed by atoms with Gasteiger partial charge in [-0.2, -0.15) is 0 Å². The maximum Gasteiger partial charge on any atom is 0.253 e. The standard InChI is InChI=1S/C14H17BrClNO2/c15-8-9-3-1-2-4-13(9)17-14(19)11-7-10(18)5-6-12(11)16/h5-7,9,13,18H,1-4,8H2,(H,17,19). The summed E-state index contributed by atoms with van der Waals surface area (Å²) in [6, 6.07) is 4.60. The van der Waals surface area contributed by atoms with Gasteiger partial charge in [-0.1, -0.05) is 40.4 Å². The van der Waals surface area contributed by atoms with Crippen LogP contribution in [0.15, 0.2) is 18.2 Å². The summed E-state index contributed by atoms with van der Waals surface area (Å²) in [7, 11) is 0. The summed E-state index contributed by atoms with van der Waals surface area (Å²) in [6.07, 6.45) is 4.49. The number of nitrogens with one attached hydrogen (secondary N) is 1. The summed E-state index contributed by atoms with van der Waals surface area (Å²) in [5, 5.41) is 13.7. The van der Waals surface area contributed by atoms with Gasteiger partial charge in [-0.15, -0.1) is 0 Å². The average Bonchev–Trinajstić information content (AvgIpc) is 2.42. The van der Waals surface area contributed by atoms with Crippen LogP contribution < -0.4 is 5.32 Å². The highest BCUT2D eigenvalue weighted by Gasteiger charge is 2.26. The largest absolute Gasteiger partial charge is 0.508 e. The van der Waals surface area contributed by atoms with E-state index in [9.17, 15) is 9.90 Å². The fraction of sp³-hybridized carbons (Fsp3) is 0.500. The first kappa shape index (κ1) is 14.7. The number of phenols is 1. The van der Waals surface area contributed by atoms with Crippen LogP contribution in [0.5, 0.6) is 5.75 Å². The highest BCUT2D eigenvalue weighted by atomic mass is 79.9. The maximum atomic E-state index is 12.2. The van der Waals surface area contributed by atoms with Crippen LogP contribution in [0.4, 0.5) is 0 Å². The third kappa shape index (κ3) is 3.63. The molecule has 0 aliphatic heterocycles. The summed E-state index contributed by atoms with van der Waals surface area (Å²) in [6.45, 7) is 0. The topological polar surface area (TPSA) is 49.3 Å². The van der Waals surface area contributed by atoms with Gasteiger partial charge < -0.3 is 10.4 Å². The van der Waals surface area contributed by atoms with Crippen molar-refractivity contribution in [3.63, 3.8) is 0 Å². The monoisotopic (exact) mass is 345 g/mol. The number of aromatic hydroxyl groups is 1. The Morgan fingerprint density at radius 3 is 2.89 bits per heavy atom. The number of phenolic OH excluding ortho intramolecular Hbond substituents is 1. The molecule has 1 aromatic rings. The predicted octanol–water partition coefficient (Wildman–Crippen LogP) is 3.73. The van der Waals surface area contributed by atoms with Crippen LogP contribution in [0.2, 0.25) is 5.02 Å². The van der Waals surface area contributed by atoms with Crippen molar-refractivity contribution >= 4 is 33.4 Å². The second-order valence-corrected chi connectivity index (χ2v) is 6.00. The van der Waals surface area contributed by atoms with Crippen molar-refractivity contribution in [3.05, 3.63) is 28.8 Å². The second kappa shape index (κ2) is 6.62. The third-order valence-corrected chi connectivity index (χ3v) is 4.78. The van der Waals surface area contributed by atoms with E-state index >= 15 is 0 Å². The Balaban J connectivity index is 2.09. The van der Waals surface area contributed by atoms with E-state index in [1.54, 1.807) is 0 Å². The van der Waals surface area contributed by atoms with E-state index in [1.165, 1.54) is 24.6 Å². The van der Waals surface area contributed by atoms with Crippen LogP contribution >= 0.6 is 27.5 Å². The van der Waals surface area contributed by atoms with Gasteiger partial charge in [0.05, 0.1) is 10.6 Å². The first-order valence-corrected chi connectivity index (χ1v) is 7.97. The van der Waals surface area contributed by atoms with Crippen molar-refractivity contribution in [2.24, 2.45) is 5.92 Å². The van der Waals surface area contributed by atoms with Crippen molar-refractivity contribution < 1.29 is 9.90 Å². The molecule has 0 saturated heterocycles. The molecule has 0 aromatic heterocycles. The van der Waals surface area contributed by atoms with Crippen molar-refractivity contribution in [1.82, 2.24) is 5.32 Å². The molecule has 19 heavy (non-hydrogen) atoms. The zero-order valence-corrected chi connectivity index (χ0v) is 12.9. The molecule has 0 radical (unpaired) electrons. The molecule has 1 fully saturated rings. The van der Waals surface area contributed by atoms with Gasteiger partial charge in [0, 0.05) is 11.4 Å². The van der Waals surface area contributed by atoms with Crippen molar-refractivity contribution in [2.75, 3.05) is 5.33 Å². The van der Waals surface area contributed by atoms with E-state index in [0.717, 1.165) is 24.6 Å². The molecule has 2 atom stereocenters. The molecule has 1 amide bonds. The van der Waals surface area contributed by atoms with E-state index in [1.807, 2.05) is 0 Å². The van der Waals surface area contributed by atoms with E-state index in [2.05, 4.69) is 21.2 Å². The molecular weight excluding hydrogens is 330 g/mol. The Bertz CT molecular complexity index is 467. The summed E-state index contributed by atoms with van der Waals surface area (Å²) in [5.74, 6) is 0.308. The van der Waals surface area contributed by atoms with Gasteiger partial charge in [0.25, 0.3) is 5.91 Å². The zero-order valence-electron chi connectivity index (χ0n) is 10.5. The fourth-order valence-corrected chi connectivity index (χ4v) is 3.49. The molecule has 0 heterocycles. The second-order valence-electron chi connectivity index (χ2n) is 4.94. The number of hydrogen-bond acceptors (Lipinski definition) is 2. The van der Waals surface area contributed by atoms with Gasteiger partial charge in [-0.25, -0.2) is 0 Å². The Morgan fingerprint density at radius 2 is 2.16 bits per heavy atom. The fourth-order valence-electron chi connectivity index (χ4n) is 2.52. The Kier molecular flexibility index (Phi) is 5.11. The molecule has 2 rings (SSSR count). The lowest BCUT2D eigenvalue weighted by atomic mass is 9.86. The van der Waals surface area contributed by atoms with Crippen LogP contribution in [0.1, 0.15) is 36.0 Å². The minimum Gasteiger partial charge on any atom is -0.508 e. The Morgan fingerprint density at radius 1 is 1.42 bits per heavy atom. The lowest BCUT2D eigenvalue weighted by molar-refractivity contribution is 0.0911. The summed E-state index contributed by atoms with van der Waals surface area (Å²) in [4.78, 5) is 12.2. The first-order valence-electron chi connectivity index (χ1n) is 6.47. The predicted molar refractivity (Wildman–Crippen MR) is 80.1 cm³/mol. The van der Waals surface area contributed by atoms with E-state index in [-0.39, 0.29) is 17.7 Å². The van der Waals surface area contributed by atoms with Crippen molar-refractivity contribution in [1.29, 1.82) is 0 Å². The lowest BCUT2D eigenvalue weighted by Crippen LogP contribution is -2.42. The normalized spacial score (nSPS) is 23.1. The van der Waals surface area contributed by atoms with Crippen LogP contribution in [-0.2, 0) is 0 Å². The van der Waals surface area contributed by atoms with Crippen LogP contribution in [-0.4, -0.2) is 22.4 Å². The van der Waals surface area contributed by atoms with Gasteiger partial charge in [0.2, 0.25) is 0 Å². The van der Waals surface area contributed by atoms with Crippen molar-refractivity contribution in [3.8, 4) is 5.75 Å². The molecule has 1 aromatic carbocycles. The SMILES string of the molecule is O=C(NC1CCCCC1CBr)c1cc(O)ccc1Cl. The molecule has 1 aliphatic carbocycles. The number of carbonyl (C=O) groups excluding carboxylic acids is 1. The summed E-state index contributed by atoms with van der Waals surface area (Å²) >= 11 is 9.50. The highest BCUT2D eigenvalue weighted by Crippen LogP contribution is 2.27.